The lowest BCUT2D eigenvalue weighted by Crippen LogP contribution is -2.56. The van der Waals surface area contributed by atoms with Gasteiger partial charge in [0, 0.05) is 19.1 Å². The van der Waals surface area contributed by atoms with Crippen molar-refractivity contribution in [3.8, 4) is 0 Å². The Hall–Kier alpha value is -0.830. The van der Waals surface area contributed by atoms with Crippen molar-refractivity contribution in [2.24, 2.45) is 0 Å². The van der Waals surface area contributed by atoms with Crippen LogP contribution in [0.1, 0.15) is 5.56 Å². The highest BCUT2D eigenvalue weighted by atomic mass is 35.5. The first-order chi connectivity index (χ1) is 8.70. The van der Waals surface area contributed by atoms with Gasteiger partial charge in [-0.1, -0.05) is 11.6 Å². The van der Waals surface area contributed by atoms with Gasteiger partial charge in [-0.15, -0.1) is 0 Å². The summed E-state index contributed by atoms with van der Waals surface area (Å²) < 4.78 is 63.9. The molecule has 4 nitrogen and oxygen atoms in total. The normalized spacial score (nSPS) is 17.3. The van der Waals surface area contributed by atoms with E-state index in [0.29, 0.717) is 19.2 Å². The molecular weight excluding hydrogens is 305 g/mol. The molecule has 0 bridgehead atoms. The van der Waals surface area contributed by atoms with Crippen LogP contribution in [0.3, 0.4) is 0 Å². The van der Waals surface area contributed by atoms with Crippen molar-refractivity contribution < 1.29 is 21.6 Å². The molecule has 1 saturated heterocycles. The molecule has 106 valence electrons. The van der Waals surface area contributed by atoms with Crippen LogP contribution in [0.25, 0.3) is 0 Å². The minimum atomic E-state index is -4.62. The number of rotatable bonds is 3. The molecule has 0 aliphatic carbocycles. The third-order valence-corrected chi connectivity index (χ3v) is 4.65. The zero-order chi connectivity index (χ0) is 14.3. The Morgan fingerprint density at radius 2 is 1.95 bits per heavy atom. The van der Waals surface area contributed by atoms with Gasteiger partial charge in [-0.3, -0.25) is 0 Å². The van der Waals surface area contributed by atoms with Crippen LogP contribution in [0.5, 0.6) is 0 Å². The Morgan fingerprint density at radius 1 is 1.32 bits per heavy atom. The van der Waals surface area contributed by atoms with E-state index in [-0.39, 0.29) is 11.1 Å². The van der Waals surface area contributed by atoms with E-state index < -0.39 is 26.7 Å². The maximum absolute atomic E-state index is 12.6. The van der Waals surface area contributed by atoms with E-state index in [0.717, 1.165) is 12.1 Å². The molecule has 19 heavy (non-hydrogen) atoms. The number of sulfonamides is 1. The Labute approximate surface area is 113 Å². The first kappa shape index (κ1) is 14.6. The lowest BCUT2D eigenvalue weighted by molar-refractivity contribution is -0.137. The minimum Gasteiger partial charge on any atom is -0.313 e. The zero-order valence-electron chi connectivity index (χ0n) is 9.46. The van der Waals surface area contributed by atoms with E-state index >= 15 is 0 Å². The van der Waals surface area contributed by atoms with Crippen LogP contribution in [0.4, 0.5) is 13.2 Å². The number of benzene rings is 1. The van der Waals surface area contributed by atoms with Gasteiger partial charge < -0.3 is 5.32 Å². The third kappa shape index (κ3) is 3.19. The molecule has 1 aliphatic heterocycles. The molecule has 1 heterocycles. The molecule has 0 unspecified atom stereocenters. The maximum atomic E-state index is 12.6. The van der Waals surface area contributed by atoms with Gasteiger partial charge in [0.05, 0.1) is 10.6 Å². The van der Waals surface area contributed by atoms with E-state index in [2.05, 4.69) is 10.0 Å². The summed E-state index contributed by atoms with van der Waals surface area (Å²) in [7, 11) is -4.06. The Balaban J connectivity index is 2.37. The van der Waals surface area contributed by atoms with Gasteiger partial charge >= 0.3 is 6.18 Å². The molecule has 1 aromatic rings. The largest absolute Gasteiger partial charge is 0.416 e. The second-order valence-corrected chi connectivity index (χ2v) is 6.21. The monoisotopic (exact) mass is 314 g/mol. The van der Waals surface area contributed by atoms with Crippen LogP contribution in [0.2, 0.25) is 5.02 Å². The fraction of sp³-hybridized carbons (Fsp3) is 0.400. The van der Waals surface area contributed by atoms with Crippen LogP contribution in [-0.4, -0.2) is 27.5 Å². The summed E-state index contributed by atoms with van der Waals surface area (Å²) in [4.78, 5) is -0.559. The standard InChI is InChI=1S/C10H10ClF3N2O2S/c11-8-2-1-6(10(12,13)14)3-9(8)19(17,18)16-7-4-15-5-7/h1-3,7,15-16H,4-5H2. The average Bonchev–Trinajstić information content (AvgIpc) is 2.22. The van der Waals surface area contributed by atoms with Gasteiger partial charge in [-0.05, 0) is 18.2 Å². The van der Waals surface area contributed by atoms with Crippen LogP contribution >= 0.6 is 11.6 Å². The fourth-order valence-electron chi connectivity index (χ4n) is 1.54. The van der Waals surface area contributed by atoms with Crippen molar-refractivity contribution in [2.75, 3.05) is 13.1 Å². The Bertz CT molecular complexity index is 585. The van der Waals surface area contributed by atoms with Gasteiger partial charge in [-0.2, -0.15) is 13.2 Å². The summed E-state index contributed by atoms with van der Waals surface area (Å²) in [5.41, 5.74) is -1.05. The molecule has 1 aromatic carbocycles. The van der Waals surface area contributed by atoms with E-state index in [9.17, 15) is 21.6 Å². The molecule has 0 spiro atoms. The number of hydrogen-bond donors (Lipinski definition) is 2. The average molecular weight is 315 g/mol. The highest BCUT2D eigenvalue weighted by Gasteiger charge is 2.33. The van der Waals surface area contributed by atoms with Gasteiger partial charge in [0.25, 0.3) is 0 Å². The van der Waals surface area contributed by atoms with E-state index in [1.165, 1.54) is 0 Å². The molecule has 2 rings (SSSR count). The number of alkyl halides is 3. The molecule has 1 aliphatic rings. The molecule has 9 heteroatoms. The first-order valence-corrected chi connectivity index (χ1v) is 7.16. The highest BCUT2D eigenvalue weighted by Crippen LogP contribution is 2.33. The molecule has 0 amide bonds. The van der Waals surface area contributed by atoms with Crippen LogP contribution in [0.15, 0.2) is 23.1 Å². The van der Waals surface area contributed by atoms with Crippen molar-refractivity contribution in [1.29, 1.82) is 0 Å². The molecule has 0 saturated carbocycles. The molecule has 0 aromatic heterocycles. The summed E-state index contributed by atoms with van der Waals surface area (Å²) in [5.74, 6) is 0. The second-order valence-electron chi connectivity index (χ2n) is 4.12. The minimum absolute atomic E-state index is 0.243. The third-order valence-electron chi connectivity index (χ3n) is 2.65. The van der Waals surface area contributed by atoms with Gasteiger partial charge in [-0.25, -0.2) is 13.1 Å². The molecule has 1 fully saturated rings. The predicted molar refractivity (Wildman–Crippen MR) is 63.4 cm³/mol. The van der Waals surface area contributed by atoms with Crippen LogP contribution in [-0.2, 0) is 16.2 Å². The second kappa shape index (κ2) is 4.93. The SMILES string of the molecule is O=S(=O)(NC1CNC1)c1cc(C(F)(F)F)ccc1Cl. The fourth-order valence-corrected chi connectivity index (χ4v) is 3.30. The van der Waals surface area contributed by atoms with Gasteiger partial charge in [0.1, 0.15) is 4.90 Å². The summed E-state index contributed by atoms with van der Waals surface area (Å²) in [5, 5.41) is 2.60. The van der Waals surface area contributed by atoms with Crippen molar-refractivity contribution >= 4 is 21.6 Å². The van der Waals surface area contributed by atoms with E-state index in [1.807, 2.05) is 0 Å². The molecule has 2 N–H and O–H groups in total. The van der Waals surface area contributed by atoms with Gasteiger partial charge in [0.15, 0.2) is 0 Å². The van der Waals surface area contributed by atoms with Crippen molar-refractivity contribution in [2.45, 2.75) is 17.1 Å². The van der Waals surface area contributed by atoms with Crippen LogP contribution < -0.4 is 10.0 Å². The summed E-state index contributed by atoms with van der Waals surface area (Å²) in [6.45, 7) is 0.881. The predicted octanol–water partition coefficient (Wildman–Crippen LogP) is 1.61. The first-order valence-electron chi connectivity index (χ1n) is 5.30. The Kier molecular flexibility index (Phi) is 3.78. The summed E-state index contributed by atoms with van der Waals surface area (Å²) in [6.07, 6.45) is -4.62. The van der Waals surface area contributed by atoms with Crippen molar-refractivity contribution in [3.05, 3.63) is 28.8 Å². The smallest absolute Gasteiger partial charge is 0.313 e. The van der Waals surface area contributed by atoms with E-state index in [4.69, 9.17) is 11.6 Å². The lowest BCUT2D eigenvalue weighted by atomic mass is 10.2. The number of nitrogens with one attached hydrogen (secondary N) is 2. The highest BCUT2D eigenvalue weighted by molar-refractivity contribution is 7.89. The quantitative estimate of drug-likeness (QED) is 0.891. The molecular formula is C10H10ClF3N2O2S. The lowest BCUT2D eigenvalue weighted by Gasteiger charge is -2.27. The topological polar surface area (TPSA) is 58.2 Å². The number of hydrogen-bond acceptors (Lipinski definition) is 3. The zero-order valence-corrected chi connectivity index (χ0v) is 11.0. The van der Waals surface area contributed by atoms with Crippen LogP contribution in [0, 0.1) is 0 Å². The number of halogens is 4. The van der Waals surface area contributed by atoms with Crippen molar-refractivity contribution in [1.82, 2.24) is 10.0 Å². The van der Waals surface area contributed by atoms with Gasteiger partial charge in [0.2, 0.25) is 10.0 Å². The maximum Gasteiger partial charge on any atom is 0.416 e. The summed E-state index contributed by atoms with van der Waals surface area (Å²) in [6, 6.07) is 1.89. The van der Waals surface area contributed by atoms with E-state index in [1.54, 1.807) is 0 Å². The summed E-state index contributed by atoms with van der Waals surface area (Å²) >= 11 is 5.67. The van der Waals surface area contributed by atoms with Crippen molar-refractivity contribution in [3.63, 3.8) is 0 Å². The molecule has 0 atom stereocenters. The Morgan fingerprint density at radius 3 is 2.42 bits per heavy atom. The molecule has 0 radical (unpaired) electrons.